The van der Waals surface area contributed by atoms with E-state index in [2.05, 4.69) is 16.2 Å². The Hall–Kier alpha value is -3.79. The number of terminal acetylenes is 1. The van der Waals surface area contributed by atoms with Gasteiger partial charge in [0.25, 0.3) is 5.91 Å². The molecule has 2 aromatic carbocycles. The van der Waals surface area contributed by atoms with E-state index in [1.54, 1.807) is 18.2 Å². The molecule has 7 heteroatoms. The number of nitrogens with two attached hydrogens (primary N) is 1. The lowest BCUT2D eigenvalue weighted by molar-refractivity contribution is -0.130. The highest BCUT2D eigenvalue weighted by Gasteiger charge is 2.37. The molecular weight excluding hydrogens is 428 g/mol. The lowest BCUT2D eigenvalue weighted by atomic mass is 9.88. The summed E-state index contributed by atoms with van der Waals surface area (Å²) in [6.07, 6.45) is 7.56. The molecule has 0 saturated heterocycles. The van der Waals surface area contributed by atoms with E-state index in [1.165, 1.54) is 4.90 Å². The summed E-state index contributed by atoms with van der Waals surface area (Å²) in [7, 11) is 0. The van der Waals surface area contributed by atoms with Gasteiger partial charge in [-0.2, -0.15) is 0 Å². The second kappa shape index (κ2) is 9.60. The van der Waals surface area contributed by atoms with Crippen molar-refractivity contribution in [2.75, 3.05) is 6.61 Å². The van der Waals surface area contributed by atoms with Crippen LogP contribution in [0.3, 0.4) is 0 Å². The number of carbonyl (C=O) groups excluding carboxylic acids is 2. The smallest absolute Gasteiger partial charge is 0.251 e. The Labute approximate surface area is 200 Å². The average Bonchev–Trinajstić information content (AvgIpc) is 2.86. The predicted octanol–water partition coefficient (Wildman–Crippen LogP) is 3.41. The third-order valence-electron chi connectivity index (χ3n) is 6.83. The minimum absolute atomic E-state index is 0.0540. The van der Waals surface area contributed by atoms with Crippen molar-refractivity contribution in [1.29, 1.82) is 0 Å². The summed E-state index contributed by atoms with van der Waals surface area (Å²) in [5, 5.41) is 3.08. The number of hydrogen-bond acceptors (Lipinski definition) is 5. The Kier molecular flexibility index (Phi) is 6.60. The van der Waals surface area contributed by atoms with Crippen molar-refractivity contribution in [2.45, 2.75) is 51.2 Å². The van der Waals surface area contributed by atoms with Crippen LogP contribution in [-0.4, -0.2) is 34.8 Å². The van der Waals surface area contributed by atoms with Crippen LogP contribution in [0.1, 0.15) is 60.6 Å². The first-order valence-electron chi connectivity index (χ1n) is 11.6. The van der Waals surface area contributed by atoms with Crippen molar-refractivity contribution in [3.63, 3.8) is 0 Å². The summed E-state index contributed by atoms with van der Waals surface area (Å²) in [6.45, 7) is 4.64. The lowest BCUT2D eigenvalue weighted by Gasteiger charge is -2.36. The quantitative estimate of drug-likeness (QED) is 0.649. The van der Waals surface area contributed by atoms with Gasteiger partial charge in [0.1, 0.15) is 12.4 Å². The van der Waals surface area contributed by atoms with E-state index in [1.807, 2.05) is 44.2 Å². The summed E-state index contributed by atoms with van der Waals surface area (Å²) in [5.74, 6) is 3.11. The van der Waals surface area contributed by atoms with Crippen LogP contribution in [0.25, 0.3) is 0 Å². The molecule has 0 aromatic heterocycles. The number of amides is 2. The van der Waals surface area contributed by atoms with Gasteiger partial charge in [-0.05, 0) is 36.6 Å². The Morgan fingerprint density at radius 1 is 1.26 bits per heavy atom. The molecule has 2 aliphatic rings. The number of para-hydroxylation sites is 1. The lowest BCUT2D eigenvalue weighted by Crippen LogP contribution is -2.50. The maximum atomic E-state index is 13.2. The van der Waals surface area contributed by atoms with E-state index in [0.717, 1.165) is 29.7 Å². The summed E-state index contributed by atoms with van der Waals surface area (Å²) < 4.78 is 5.74. The fourth-order valence-electron chi connectivity index (χ4n) is 4.58. The van der Waals surface area contributed by atoms with E-state index >= 15 is 0 Å². The Morgan fingerprint density at radius 3 is 2.74 bits per heavy atom. The van der Waals surface area contributed by atoms with Crippen molar-refractivity contribution in [3.8, 4) is 18.1 Å². The molecule has 2 heterocycles. The van der Waals surface area contributed by atoms with E-state index in [0.29, 0.717) is 18.6 Å². The molecule has 2 aromatic rings. The maximum Gasteiger partial charge on any atom is 0.251 e. The summed E-state index contributed by atoms with van der Waals surface area (Å²) in [6, 6.07) is 14.4. The van der Waals surface area contributed by atoms with E-state index in [-0.39, 0.29) is 36.3 Å². The van der Waals surface area contributed by atoms with Crippen LogP contribution >= 0.6 is 0 Å². The molecule has 0 unspecified atom stereocenters. The van der Waals surface area contributed by atoms with Crippen LogP contribution in [-0.2, 0) is 11.3 Å². The predicted molar refractivity (Wildman–Crippen MR) is 131 cm³/mol. The van der Waals surface area contributed by atoms with Gasteiger partial charge in [0.2, 0.25) is 5.91 Å². The monoisotopic (exact) mass is 458 g/mol. The van der Waals surface area contributed by atoms with Gasteiger partial charge in [0.05, 0.1) is 30.5 Å². The van der Waals surface area contributed by atoms with Gasteiger partial charge in [0.15, 0.2) is 5.96 Å². The fourth-order valence-corrected chi connectivity index (χ4v) is 4.58. The maximum absolute atomic E-state index is 13.2. The van der Waals surface area contributed by atoms with Gasteiger partial charge in [-0.1, -0.05) is 50.1 Å². The Morgan fingerprint density at radius 2 is 2.03 bits per heavy atom. The van der Waals surface area contributed by atoms with Crippen molar-refractivity contribution >= 4 is 17.8 Å². The SMILES string of the molecule is C#C[C@@H]1COc2ccccc2[C@H]1NC(=O)c1cccc(CN2C(=O)CC(CC)(CC)N=C2N)c1. The molecule has 7 nitrogen and oxygen atoms in total. The number of nitrogens with zero attached hydrogens (tertiary/aromatic N) is 2. The largest absolute Gasteiger partial charge is 0.492 e. The molecule has 0 radical (unpaired) electrons. The van der Waals surface area contributed by atoms with Crippen LogP contribution in [0.5, 0.6) is 5.75 Å². The molecule has 176 valence electrons. The van der Waals surface area contributed by atoms with E-state index in [9.17, 15) is 9.59 Å². The molecule has 2 amide bonds. The van der Waals surface area contributed by atoms with Crippen LogP contribution in [0, 0.1) is 18.3 Å². The highest BCUT2D eigenvalue weighted by molar-refractivity contribution is 5.99. The minimum atomic E-state index is -0.424. The summed E-state index contributed by atoms with van der Waals surface area (Å²) in [5.41, 5.74) is 7.90. The van der Waals surface area contributed by atoms with E-state index in [4.69, 9.17) is 16.9 Å². The average molecular weight is 459 g/mol. The zero-order chi connectivity index (χ0) is 24.3. The Bertz CT molecular complexity index is 1160. The van der Waals surface area contributed by atoms with Crippen LogP contribution < -0.4 is 15.8 Å². The molecule has 4 rings (SSSR count). The van der Waals surface area contributed by atoms with Crippen LogP contribution in [0.15, 0.2) is 53.5 Å². The van der Waals surface area contributed by atoms with Crippen LogP contribution in [0.2, 0.25) is 0 Å². The van der Waals surface area contributed by atoms with Gasteiger partial charge in [-0.3, -0.25) is 14.5 Å². The second-order valence-electron chi connectivity index (χ2n) is 8.83. The molecule has 0 bridgehead atoms. The zero-order valence-corrected chi connectivity index (χ0v) is 19.6. The number of ether oxygens (including phenoxy) is 1. The Balaban J connectivity index is 1.53. The number of fused-ring (bicyclic) bond motifs is 1. The highest BCUT2D eigenvalue weighted by atomic mass is 16.5. The standard InChI is InChI=1S/C27H30N4O3/c1-4-19-17-34-22-13-8-7-12-21(22)24(19)29-25(33)20-11-9-10-18(14-20)16-31-23(32)15-27(5-2,6-3)30-26(31)28/h1,7-14,19,24H,5-6,15-17H2,2-3H3,(H2,28,30)(H,29,33)/t19-,24+/m1/s1. The number of hydrogen-bond donors (Lipinski definition) is 2. The number of guanidine groups is 1. The number of aliphatic imine (C=N–C) groups is 1. The van der Waals surface area contributed by atoms with Gasteiger partial charge < -0.3 is 15.8 Å². The van der Waals surface area contributed by atoms with Gasteiger partial charge >= 0.3 is 0 Å². The zero-order valence-electron chi connectivity index (χ0n) is 19.6. The molecule has 34 heavy (non-hydrogen) atoms. The van der Waals surface area contributed by atoms with E-state index < -0.39 is 5.54 Å². The molecule has 2 aliphatic heterocycles. The molecule has 3 N–H and O–H groups in total. The molecule has 0 fully saturated rings. The van der Waals surface area contributed by atoms with Gasteiger partial charge in [0, 0.05) is 11.1 Å². The summed E-state index contributed by atoms with van der Waals surface area (Å²) >= 11 is 0. The number of nitrogens with one attached hydrogen (secondary N) is 1. The third kappa shape index (κ3) is 4.49. The third-order valence-corrected chi connectivity index (χ3v) is 6.83. The molecule has 0 aliphatic carbocycles. The summed E-state index contributed by atoms with van der Waals surface area (Å²) in [4.78, 5) is 32.2. The topological polar surface area (TPSA) is 97.0 Å². The highest BCUT2D eigenvalue weighted by Crippen LogP contribution is 2.35. The molecule has 2 atom stereocenters. The van der Waals surface area contributed by atoms with Gasteiger partial charge in [-0.25, -0.2) is 4.99 Å². The van der Waals surface area contributed by atoms with Crippen LogP contribution in [0.4, 0.5) is 0 Å². The normalized spacial score (nSPS) is 21.0. The first kappa shape index (κ1) is 23.4. The number of carbonyl (C=O) groups is 2. The van der Waals surface area contributed by atoms with Crippen molar-refractivity contribution in [1.82, 2.24) is 10.2 Å². The molecule has 0 spiro atoms. The molecular formula is C27H30N4O3. The first-order chi connectivity index (χ1) is 16.4. The molecule has 0 saturated carbocycles. The van der Waals surface area contributed by atoms with Crippen molar-refractivity contribution in [2.24, 2.45) is 16.6 Å². The van der Waals surface area contributed by atoms with Crippen molar-refractivity contribution < 1.29 is 14.3 Å². The van der Waals surface area contributed by atoms with Crippen molar-refractivity contribution in [3.05, 3.63) is 65.2 Å². The first-order valence-corrected chi connectivity index (χ1v) is 11.6. The number of rotatable bonds is 6. The fraction of sp³-hybridized carbons (Fsp3) is 0.370. The van der Waals surface area contributed by atoms with Gasteiger partial charge in [-0.15, -0.1) is 6.42 Å². The second-order valence-corrected chi connectivity index (χ2v) is 8.83. The minimum Gasteiger partial charge on any atom is -0.492 e. The number of benzene rings is 2.